The van der Waals surface area contributed by atoms with Crippen LogP contribution < -0.4 is 10.1 Å². The average molecular weight is 567 g/mol. The van der Waals surface area contributed by atoms with E-state index in [1.165, 1.54) is 4.31 Å². The largest absolute Gasteiger partial charge is 0.497 e. The molecule has 1 N–H and O–H groups in total. The molecule has 0 unspecified atom stereocenters. The zero-order valence-electron chi connectivity index (χ0n) is 22.3. The number of hydrogen-bond acceptors (Lipinski definition) is 5. The third-order valence-corrected chi connectivity index (χ3v) is 8.07. The summed E-state index contributed by atoms with van der Waals surface area (Å²) in [6.45, 7) is 5.53. The minimum Gasteiger partial charge on any atom is -0.497 e. The van der Waals surface area contributed by atoms with Gasteiger partial charge in [-0.25, -0.2) is 13.4 Å². The number of hydrogen-bond donors (Lipinski definition) is 1. The number of rotatable bonds is 10. The summed E-state index contributed by atoms with van der Waals surface area (Å²) >= 11 is 6.05. The number of sulfonamides is 1. The Morgan fingerprint density at radius 1 is 1.03 bits per heavy atom. The van der Waals surface area contributed by atoms with Crippen molar-refractivity contribution in [2.24, 2.45) is 5.92 Å². The Hall–Kier alpha value is -3.66. The third-order valence-electron chi connectivity index (χ3n) is 6.00. The fourth-order valence-corrected chi connectivity index (χ4v) is 5.69. The molecule has 0 saturated heterocycles. The molecule has 1 amide bonds. The van der Waals surface area contributed by atoms with E-state index in [-0.39, 0.29) is 29.9 Å². The lowest BCUT2D eigenvalue weighted by atomic mass is 10.2. The molecule has 0 fully saturated rings. The molecule has 0 radical (unpaired) electrons. The zero-order chi connectivity index (χ0) is 28.2. The Labute approximate surface area is 234 Å². The number of imidazole rings is 1. The number of nitrogens with zero attached hydrogens (tertiary/aromatic N) is 3. The number of carbonyl (C=O) groups is 1. The lowest BCUT2D eigenvalue weighted by Gasteiger charge is -2.23. The molecule has 1 heterocycles. The first-order chi connectivity index (χ1) is 18.6. The van der Waals surface area contributed by atoms with E-state index >= 15 is 0 Å². The standard InChI is InChI=1S/C29H31ClN4O4S/c1-20(2)17-33(39(36,37)26-15-5-21(3)6-16-26)19-28(35)32-29-31-27(22-7-9-23(30)10-8-22)18-34(29)24-11-13-25(38-4)14-12-24/h5-16,18,20H,17,19H2,1-4H3,(H,31,32,35). The van der Waals surface area contributed by atoms with E-state index < -0.39 is 15.9 Å². The molecule has 39 heavy (non-hydrogen) atoms. The van der Waals surface area contributed by atoms with E-state index in [1.54, 1.807) is 66.4 Å². The van der Waals surface area contributed by atoms with Gasteiger partial charge in [0, 0.05) is 29.0 Å². The highest BCUT2D eigenvalue weighted by Gasteiger charge is 2.28. The molecular formula is C29H31ClN4O4S. The minimum atomic E-state index is -3.89. The second-order valence-corrected chi connectivity index (χ2v) is 12.0. The van der Waals surface area contributed by atoms with Crippen molar-refractivity contribution in [2.75, 3.05) is 25.5 Å². The first kappa shape index (κ1) is 28.4. The molecule has 0 bridgehead atoms. The van der Waals surface area contributed by atoms with Crippen molar-refractivity contribution in [2.45, 2.75) is 25.7 Å². The molecule has 4 rings (SSSR count). The molecule has 0 aliphatic carbocycles. The summed E-state index contributed by atoms with van der Waals surface area (Å²) in [6.07, 6.45) is 1.80. The molecule has 10 heteroatoms. The van der Waals surface area contributed by atoms with E-state index in [0.717, 1.165) is 16.8 Å². The van der Waals surface area contributed by atoms with Crippen LogP contribution in [0.25, 0.3) is 16.9 Å². The summed E-state index contributed by atoms with van der Waals surface area (Å²) in [7, 11) is -2.31. The topological polar surface area (TPSA) is 93.5 Å². The number of carbonyl (C=O) groups excluding carboxylic acids is 1. The van der Waals surface area contributed by atoms with Crippen LogP contribution in [-0.4, -0.2) is 48.4 Å². The highest BCUT2D eigenvalue weighted by atomic mass is 35.5. The number of ether oxygens (including phenoxy) is 1. The molecular weight excluding hydrogens is 536 g/mol. The lowest BCUT2D eigenvalue weighted by Crippen LogP contribution is -2.40. The summed E-state index contributed by atoms with van der Waals surface area (Å²) < 4.78 is 35.1. The van der Waals surface area contributed by atoms with Crippen molar-refractivity contribution in [1.82, 2.24) is 13.9 Å². The van der Waals surface area contributed by atoms with Crippen LogP contribution in [0.2, 0.25) is 5.02 Å². The highest BCUT2D eigenvalue weighted by molar-refractivity contribution is 7.89. The number of aromatic nitrogens is 2. The Morgan fingerprint density at radius 3 is 2.26 bits per heavy atom. The van der Waals surface area contributed by atoms with Crippen molar-refractivity contribution in [3.63, 3.8) is 0 Å². The van der Waals surface area contributed by atoms with Crippen LogP contribution in [0.5, 0.6) is 5.75 Å². The number of nitrogens with one attached hydrogen (secondary N) is 1. The average Bonchev–Trinajstić information content (AvgIpc) is 3.32. The molecule has 204 valence electrons. The van der Waals surface area contributed by atoms with Gasteiger partial charge in [-0.15, -0.1) is 0 Å². The summed E-state index contributed by atoms with van der Waals surface area (Å²) in [6, 6.07) is 21.1. The summed E-state index contributed by atoms with van der Waals surface area (Å²) in [5.74, 6) is 0.450. The SMILES string of the molecule is COc1ccc(-n2cc(-c3ccc(Cl)cc3)nc2NC(=O)CN(CC(C)C)S(=O)(=O)c2ccc(C)cc2)cc1. The molecule has 0 aliphatic heterocycles. The maximum atomic E-state index is 13.4. The number of benzene rings is 3. The fourth-order valence-electron chi connectivity index (χ4n) is 4.01. The van der Waals surface area contributed by atoms with Crippen LogP contribution in [0.15, 0.2) is 83.9 Å². The highest BCUT2D eigenvalue weighted by Crippen LogP contribution is 2.27. The van der Waals surface area contributed by atoms with Gasteiger partial charge in [0.05, 0.1) is 24.2 Å². The van der Waals surface area contributed by atoms with Crippen LogP contribution in [0, 0.1) is 12.8 Å². The van der Waals surface area contributed by atoms with Gasteiger partial charge in [-0.05, 0) is 61.4 Å². The van der Waals surface area contributed by atoms with Gasteiger partial charge in [0.15, 0.2) is 0 Å². The lowest BCUT2D eigenvalue weighted by molar-refractivity contribution is -0.116. The minimum absolute atomic E-state index is 0.0100. The van der Waals surface area contributed by atoms with Gasteiger partial charge in [-0.3, -0.25) is 14.7 Å². The monoisotopic (exact) mass is 566 g/mol. The second kappa shape index (κ2) is 12.0. The number of aryl methyl sites for hydroxylation is 1. The molecule has 1 aromatic heterocycles. The van der Waals surface area contributed by atoms with E-state index in [0.29, 0.717) is 16.5 Å². The van der Waals surface area contributed by atoms with E-state index in [1.807, 2.05) is 45.0 Å². The first-order valence-corrected chi connectivity index (χ1v) is 14.2. The van der Waals surface area contributed by atoms with Crippen LogP contribution in [0.3, 0.4) is 0 Å². The van der Waals surface area contributed by atoms with Crippen LogP contribution in [0.4, 0.5) is 5.95 Å². The molecule has 0 aliphatic rings. The summed E-state index contributed by atoms with van der Waals surface area (Å²) in [5.41, 5.74) is 3.11. The number of anilines is 1. The van der Waals surface area contributed by atoms with Gasteiger partial charge >= 0.3 is 0 Å². The fraction of sp³-hybridized carbons (Fsp3) is 0.241. The smallest absolute Gasteiger partial charge is 0.243 e. The van der Waals surface area contributed by atoms with Crippen molar-refractivity contribution >= 4 is 33.5 Å². The van der Waals surface area contributed by atoms with Gasteiger partial charge in [0.25, 0.3) is 0 Å². The summed E-state index contributed by atoms with van der Waals surface area (Å²) in [5, 5.41) is 3.42. The van der Waals surface area contributed by atoms with Gasteiger partial charge in [-0.2, -0.15) is 4.31 Å². The van der Waals surface area contributed by atoms with Crippen molar-refractivity contribution in [3.05, 3.63) is 89.6 Å². The van der Waals surface area contributed by atoms with Crippen molar-refractivity contribution < 1.29 is 17.9 Å². The van der Waals surface area contributed by atoms with Crippen LogP contribution >= 0.6 is 11.6 Å². The third kappa shape index (κ3) is 6.86. The first-order valence-electron chi connectivity index (χ1n) is 12.4. The van der Waals surface area contributed by atoms with E-state index in [9.17, 15) is 13.2 Å². The summed E-state index contributed by atoms with van der Waals surface area (Å²) in [4.78, 5) is 18.1. The molecule has 0 saturated carbocycles. The predicted octanol–water partition coefficient (Wildman–Crippen LogP) is 5.80. The second-order valence-electron chi connectivity index (χ2n) is 9.58. The molecule has 4 aromatic rings. The van der Waals surface area contributed by atoms with Gasteiger partial charge < -0.3 is 4.74 Å². The number of amides is 1. The zero-order valence-corrected chi connectivity index (χ0v) is 23.8. The van der Waals surface area contributed by atoms with Crippen molar-refractivity contribution in [1.29, 1.82) is 0 Å². The predicted molar refractivity (Wildman–Crippen MR) is 154 cm³/mol. The van der Waals surface area contributed by atoms with Crippen LogP contribution in [0.1, 0.15) is 19.4 Å². The molecule has 0 atom stereocenters. The van der Waals surface area contributed by atoms with E-state index in [4.69, 9.17) is 16.3 Å². The van der Waals surface area contributed by atoms with Crippen molar-refractivity contribution in [3.8, 4) is 22.7 Å². The number of halogens is 1. The van der Waals surface area contributed by atoms with Gasteiger partial charge in [-0.1, -0.05) is 55.3 Å². The maximum Gasteiger partial charge on any atom is 0.243 e. The number of methoxy groups -OCH3 is 1. The maximum absolute atomic E-state index is 13.4. The van der Waals surface area contributed by atoms with Gasteiger partial charge in [0.2, 0.25) is 21.9 Å². The Balaban J connectivity index is 1.65. The van der Waals surface area contributed by atoms with E-state index in [2.05, 4.69) is 10.3 Å². The molecule has 0 spiro atoms. The Bertz CT molecular complexity index is 1530. The normalized spacial score (nSPS) is 11.7. The van der Waals surface area contributed by atoms with Crippen LogP contribution in [-0.2, 0) is 14.8 Å². The molecule has 3 aromatic carbocycles. The Morgan fingerprint density at radius 2 is 1.67 bits per heavy atom. The quantitative estimate of drug-likeness (QED) is 0.262. The van der Waals surface area contributed by atoms with Gasteiger partial charge in [0.1, 0.15) is 5.75 Å². The molecule has 8 nitrogen and oxygen atoms in total. The Kier molecular flexibility index (Phi) is 8.74.